The molecule has 0 aromatic heterocycles. The van der Waals surface area contributed by atoms with Gasteiger partial charge in [-0.1, -0.05) is 0 Å². The molecule has 3 rings (SSSR count). The maximum Gasteiger partial charge on any atom is 0.269 e. The average molecular weight is 383 g/mol. The molecule has 0 saturated heterocycles. The van der Waals surface area contributed by atoms with Gasteiger partial charge in [-0.3, -0.25) is 25.2 Å². The summed E-state index contributed by atoms with van der Waals surface area (Å²) in [5, 5.41) is 2.76. The summed E-state index contributed by atoms with van der Waals surface area (Å²) in [6.07, 6.45) is 0.953. The predicted molar refractivity (Wildman–Crippen MR) is 102 cm³/mol. The zero-order valence-corrected chi connectivity index (χ0v) is 15.6. The van der Waals surface area contributed by atoms with Crippen molar-refractivity contribution >= 4 is 23.4 Å². The predicted octanol–water partition coefficient (Wildman–Crippen LogP) is 2.05. The van der Waals surface area contributed by atoms with Crippen molar-refractivity contribution in [1.29, 1.82) is 0 Å². The van der Waals surface area contributed by atoms with Crippen LogP contribution in [0.2, 0.25) is 0 Å². The number of benzene rings is 2. The van der Waals surface area contributed by atoms with Crippen LogP contribution in [-0.2, 0) is 11.2 Å². The third-order valence-corrected chi connectivity index (χ3v) is 4.28. The standard InChI is InChI=1S/C20H21N3O5/c1-3-28-16-8-5-14(11-17(16)27-2)20(26)23-22-19(25)13-4-7-15-12(10-13)6-9-18(24)21-15/h4-5,7-8,10-11H,3,6,9H2,1-2H3,(H,21,24)(H,22,25)(H,23,26). The first-order valence-electron chi connectivity index (χ1n) is 8.86. The summed E-state index contributed by atoms with van der Waals surface area (Å²) >= 11 is 0. The van der Waals surface area contributed by atoms with Gasteiger partial charge in [0.1, 0.15) is 0 Å². The van der Waals surface area contributed by atoms with Crippen molar-refractivity contribution in [3.8, 4) is 11.5 Å². The molecule has 0 spiro atoms. The summed E-state index contributed by atoms with van der Waals surface area (Å²) in [4.78, 5) is 36.1. The Hall–Kier alpha value is -3.55. The minimum Gasteiger partial charge on any atom is -0.493 e. The first-order chi connectivity index (χ1) is 13.5. The van der Waals surface area contributed by atoms with Crippen molar-refractivity contribution in [3.05, 3.63) is 53.1 Å². The van der Waals surface area contributed by atoms with Crippen LogP contribution < -0.4 is 25.6 Å². The molecule has 146 valence electrons. The highest BCUT2D eigenvalue weighted by Crippen LogP contribution is 2.28. The Morgan fingerprint density at radius 1 is 1.00 bits per heavy atom. The molecule has 1 aliphatic rings. The fraction of sp³-hybridized carbons (Fsp3) is 0.250. The Kier molecular flexibility index (Phi) is 5.78. The second-order valence-corrected chi connectivity index (χ2v) is 6.13. The maximum absolute atomic E-state index is 12.3. The summed E-state index contributed by atoms with van der Waals surface area (Å²) < 4.78 is 10.6. The van der Waals surface area contributed by atoms with Gasteiger partial charge < -0.3 is 14.8 Å². The lowest BCUT2D eigenvalue weighted by atomic mass is 10.0. The summed E-state index contributed by atoms with van der Waals surface area (Å²) in [6, 6.07) is 9.73. The number of hydrazine groups is 1. The Bertz CT molecular complexity index is 926. The molecule has 1 heterocycles. The zero-order valence-electron chi connectivity index (χ0n) is 15.6. The van der Waals surface area contributed by atoms with Crippen LogP contribution >= 0.6 is 0 Å². The molecule has 0 saturated carbocycles. The molecular weight excluding hydrogens is 362 g/mol. The number of ether oxygens (including phenoxy) is 2. The topological polar surface area (TPSA) is 106 Å². The average Bonchev–Trinajstić information content (AvgIpc) is 2.71. The van der Waals surface area contributed by atoms with E-state index in [-0.39, 0.29) is 5.91 Å². The number of fused-ring (bicyclic) bond motifs is 1. The van der Waals surface area contributed by atoms with E-state index in [4.69, 9.17) is 9.47 Å². The number of rotatable bonds is 5. The van der Waals surface area contributed by atoms with Gasteiger partial charge in [-0.05, 0) is 55.3 Å². The third-order valence-electron chi connectivity index (χ3n) is 4.28. The van der Waals surface area contributed by atoms with E-state index in [9.17, 15) is 14.4 Å². The van der Waals surface area contributed by atoms with E-state index in [1.807, 2.05) is 6.92 Å². The Morgan fingerprint density at radius 2 is 1.68 bits per heavy atom. The van der Waals surface area contributed by atoms with E-state index in [1.54, 1.807) is 30.3 Å². The molecular formula is C20H21N3O5. The number of hydrogen-bond donors (Lipinski definition) is 3. The van der Waals surface area contributed by atoms with Crippen LogP contribution in [0.1, 0.15) is 39.6 Å². The summed E-state index contributed by atoms with van der Waals surface area (Å²) in [6.45, 7) is 2.33. The maximum atomic E-state index is 12.3. The molecule has 28 heavy (non-hydrogen) atoms. The third kappa shape index (κ3) is 4.22. The van der Waals surface area contributed by atoms with Gasteiger partial charge in [-0.2, -0.15) is 0 Å². The Labute approximate surface area is 162 Å². The van der Waals surface area contributed by atoms with Crippen LogP contribution in [-0.4, -0.2) is 31.4 Å². The first-order valence-corrected chi connectivity index (χ1v) is 8.86. The summed E-state index contributed by atoms with van der Waals surface area (Å²) in [7, 11) is 1.49. The van der Waals surface area contributed by atoms with Crippen LogP contribution in [0.3, 0.4) is 0 Å². The molecule has 2 aromatic carbocycles. The van der Waals surface area contributed by atoms with Gasteiger partial charge in [0.15, 0.2) is 11.5 Å². The van der Waals surface area contributed by atoms with Gasteiger partial charge in [-0.15, -0.1) is 0 Å². The van der Waals surface area contributed by atoms with Crippen LogP contribution in [0.25, 0.3) is 0 Å². The van der Waals surface area contributed by atoms with E-state index in [1.165, 1.54) is 13.2 Å². The van der Waals surface area contributed by atoms with Crippen LogP contribution in [0.5, 0.6) is 11.5 Å². The van der Waals surface area contributed by atoms with E-state index in [0.29, 0.717) is 47.8 Å². The largest absolute Gasteiger partial charge is 0.493 e. The molecule has 8 heteroatoms. The van der Waals surface area contributed by atoms with Crippen LogP contribution in [0, 0.1) is 0 Å². The minimum absolute atomic E-state index is 0.0391. The van der Waals surface area contributed by atoms with Crippen LogP contribution in [0.4, 0.5) is 5.69 Å². The summed E-state index contributed by atoms with van der Waals surface area (Å²) in [5.74, 6) is -0.0158. The molecule has 0 aliphatic carbocycles. The number of carbonyl (C=O) groups excluding carboxylic acids is 3. The van der Waals surface area contributed by atoms with Gasteiger partial charge in [0.05, 0.1) is 13.7 Å². The molecule has 0 radical (unpaired) electrons. The number of anilines is 1. The highest BCUT2D eigenvalue weighted by atomic mass is 16.5. The lowest BCUT2D eigenvalue weighted by Gasteiger charge is -2.17. The molecule has 1 aliphatic heterocycles. The molecule has 8 nitrogen and oxygen atoms in total. The number of nitrogens with one attached hydrogen (secondary N) is 3. The van der Waals surface area contributed by atoms with Crippen molar-refractivity contribution < 1.29 is 23.9 Å². The quantitative estimate of drug-likeness (QED) is 0.686. The van der Waals surface area contributed by atoms with Gasteiger partial charge in [-0.25, -0.2) is 0 Å². The van der Waals surface area contributed by atoms with Crippen molar-refractivity contribution in [2.75, 3.05) is 19.0 Å². The fourth-order valence-corrected chi connectivity index (χ4v) is 2.87. The van der Waals surface area contributed by atoms with Crippen molar-refractivity contribution in [3.63, 3.8) is 0 Å². The summed E-state index contributed by atoms with van der Waals surface area (Å²) in [5.41, 5.74) is 7.07. The van der Waals surface area contributed by atoms with E-state index < -0.39 is 11.8 Å². The minimum atomic E-state index is -0.486. The first kappa shape index (κ1) is 19.2. The van der Waals surface area contributed by atoms with Crippen LogP contribution in [0.15, 0.2) is 36.4 Å². The number of methoxy groups -OCH3 is 1. The highest BCUT2D eigenvalue weighted by Gasteiger charge is 2.17. The van der Waals surface area contributed by atoms with Crippen molar-refractivity contribution in [1.82, 2.24) is 10.9 Å². The van der Waals surface area contributed by atoms with Gasteiger partial charge >= 0.3 is 0 Å². The van der Waals surface area contributed by atoms with Crippen molar-refractivity contribution in [2.24, 2.45) is 0 Å². The molecule has 3 N–H and O–H groups in total. The van der Waals surface area contributed by atoms with E-state index in [2.05, 4.69) is 16.2 Å². The second-order valence-electron chi connectivity index (χ2n) is 6.13. The molecule has 0 fully saturated rings. The van der Waals surface area contributed by atoms with Gasteiger partial charge in [0, 0.05) is 23.2 Å². The highest BCUT2D eigenvalue weighted by molar-refractivity contribution is 6.00. The Balaban J connectivity index is 1.64. The van der Waals surface area contributed by atoms with E-state index >= 15 is 0 Å². The normalized spacial score (nSPS) is 12.4. The van der Waals surface area contributed by atoms with Gasteiger partial charge in [0.25, 0.3) is 11.8 Å². The Morgan fingerprint density at radius 3 is 2.36 bits per heavy atom. The number of aryl methyl sites for hydroxylation is 1. The molecule has 0 atom stereocenters. The van der Waals surface area contributed by atoms with Gasteiger partial charge in [0.2, 0.25) is 5.91 Å². The number of carbonyl (C=O) groups is 3. The fourth-order valence-electron chi connectivity index (χ4n) is 2.87. The number of hydrogen-bond acceptors (Lipinski definition) is 5. The molecule has 0 bridgehead atoms. The van der Waals surface area contributed by atoms with Crippen molar-refractivity contribution in [2.45, 2.75) is 19.8 Å². The number of amides is 3. The lowest BCUT2D eigenvalue weighted by molar-refractivity contribution is -0.116. The molecule has 2 aromatic rings. The smallest absolute Gasteiger partial charge is 0.269 e. The SMILES string of the molecule is CCOc1ccc(C(=O)NNC(=O)c2ccc3c(c2)CCC(=O)N3)cc1OC. The molecule has 3 amide bonds. The monoisotopic (exact) mass is 383 g/mol. The molecule has 0 unspecified atom stereocenters. The lowest BCUT2D eigenvalue weighted by Crippen LogP contribution is -2.41. The zero-order chi connectivity index (χ0) is 20.1. The second kappa shape index (κ2) is 8.43. The van der Waals surface area contributed by atoms with E-state index in [0.717, 1.165) is 5.56 Å².